The van der Waals surface area contributed by atoms with Crippen molar-refractivity contribution in [3.05, 3.63) is 58.4 Å². The van der Waals surface area contributed by atoms with Crippen LogP contribution in [0, 0.1) is 5.82 Å². The van der Waals surface area contributed by atoms with E-state index < -0.39 is 17.4 Å². The highest BCUT2D eigenvalue weighted by Gasteiger charge is 2.41. The van der Waals surface area contributed by atoms with Gasteiger partial charge in [-0.15, -0.1) is 0 Å². The van der Waals surface area contributed by atoms with Gasteiger partial charge in [0.25, 0.3) is 5.91 Å². The third-order valence-corrected chi connectivity index (χ3v) is 6.18. The highest BCUT2D eigenvalue weighted by Crippen LogP contribution is 2.31. The van der Waals surface area contributed by atoms with Crippen molar-refractivity contribution in [1.29, 1.82) is 0 Å². The number of hydrogen-bond donors (Lipinski definition) is 1. The lowest BCUT2D eigenvalue weighted by Crippen LogP contribution is -2.54. The van der Waals surface area contributed by atoms with Crippen molar-refractivity contribution < 1.29 is 28.2 Å². The number of esters is 1. The molecule has 1 aliphatic carbocycles. The van der Waals surface area contributed by atoms with Crippen molar-refractivity contribution >= 4 is 23.5 Å². The third kappa shape index (κ3) is 6.16. The highest BCUT2D eigenvalue weighted by molar-refractivity contribution is 6.30. The summed E-state index contributed by atoms with van der Waals surface area (Å²) >= 11 is 5.95. The van der Waals surface area contributed by atoms with Crippen LogP contribution in [0.15, 0.2) is 36.4 Å². The smallest absolute Gasteiger partial charge is 0.331 e. The summed E-state index contributed by atoms with van der Waals surface area (Å²) < 4.78 is 30.1. The lowest BCUT2D eigenvalue weighted by Gasteiger charge is -2.31. The van der Waals surface area contributed by atoms with Crippen molar-refractivity contribution in [1.82, 2.24) is 5.32 Å². The monoisotopic (exact) mass is 477 g/mol. The Morgan fingerprint density at radius 3 is 2.42 bits per heavy atom. The Bertz CT molecular complexity index is 989. The molecule has 0 radical (unpaired) electrons. The average Bonchev–Trinajstić information content (AvgIpc) is 3.07. The van der Waals surface area contributed by atoms with Gasteiger partial charge in [-0.3, -0.25) is 4.79 Å². The van der Waals surface area contributed by atoms with E-state index in [9.17, 15) is 14.0 Å². The van der Waals surface area contributed by atoms with E-state index in [4.69, 9.17) is 25.8 Å². The summed E-state index contributed by atoms with van der Waals surface area (Å²) in [4.78, 5) is 25.7. The van der Waals surface area contributed by atoms with Crippen LogP contribution in [0.3, 0.4) is 0 Å². The predicted octanol–water partition coefficient (Wildman–Crippen LogP) is 5.11. The zero-order valence-electron chi connectivity index (χ0n) is 18.9. The minimum absolute atomic E-state index is 0.158. The molecule has 1 saturated carbocycles. The molecule has 0 saturated heterocycles. The fourth-order valence-electron chi connectivity index (χ4n) is 4.13. The summed E-state index contributed by atoms with van der Waals surface area (Å²) in [6.07, 6.45) is 5.08. The maximum Gasteiger partial charge on any atom is 0.331 e. The van der Waals surface area contributed by atoms with Gasteiger partial charge in [-0.25, -0.2) is 9.18 Å². The molecule has 2 aromatic rings. The number of amides is 1. The van der Waals surface area contributed by atoms with E-state index in [1.54, 1.807) is 24.3 Å². The Hall–Kier alpha value is -2.80. The fourth-order valence-corrected chi connectivity index (χ4v) is 4.33. The highest BCUT2D eigenvalue weighted by atomic mass is 35.5. The second-order valence-corrected chi connectivity index (χ2v) is 8.58. The molecule has 0 atom stereocenters. The topological polar surface area (TPSA) is 73.9 Å². The fraction of sp³-hybridized carbons (Fsp3) is 0.440. The van der Waals surface area contributed by atoms with Gasteiger partial charge in [-0.1, -0.05) is 37.3 Å². The predicted molar refractivity (Wildman–Crippen MR) is 124 cm³/mol. The normalized spacial score (nSPS) is 15.3. The zero-order chi connectivity index (χ0) is 23.8. The maximum atomic E-state index is 14.0. The quantitative estimate of drug-likeness (QED) is 0.422. The number of halogens is 2. The number of ether oxygens (including phenoxy) is 3. The molecular weight excluding hydrogens is 449 g/mol. The van der Waals surface area contributed by atoms with E-state index >= 15 is 0 Å². The van der Waals surface area contributed by atoms with Crippen LogP contribution in [0.2, 0.25) is 5.02 Å². The molecule has 0 spiro atoms. The molecule has 178 valence electrons. The van der Waals surface area contributed by atoms with E-state index in [0.29, 0.717) is 40.5 Å². The molecular formula is C25H29ClFNO5. The Kier molecular flexibility index (Phi) is 8.55. The van der Waals surface area contributed by atoms with E-state index in [2.05, 4.69) is 5.32 Å². The number of methoxy groups -OCH3 is 2. The van der Waals surface area contributed by atoms with Gasteiger partial charge in [-0.05, 0) is 54.8 Å². The zero-order valence-corrected chi connectivity index (χ0v) is 19.7. The second kappa shape index (κ2) is 11.4. The van der Waals surface area contributed by atoms with Crippen LogP contribution in [0.1, 0.15) is 54.4 Å². The van der Waals surface area contributed by atoms with E-state index in [1.807, 2.05) is 0 Å². The summed E-state index contributed by atoms with van der Waals surface area (Å²) in [7, 11) is 2.83. The van der Waals surface area contributed by atoms with Crippen molar-refractivity contribution in [2.45, 2.75) is 50.5 Å². The summed E-state index contributed by atoms with van der Waals surface area (Å²) in [6, 6.07) is 9.15. The van der Waals surface area contributed by atoms with Gasteiger partial charge in [0.05, 0.1) is 20.8 Å². The molecule has 1 amide bonds. The minimum atomic E-state index is -1.03. The molecule has 0 aliphatic heterocycles. The van der Waals surface area contributed by atoms with Crippen LogP contribution in [0.5, 0.6) is 11.5 Å². The van der Waals surface area contributed by atoms with Crippen molar-refractivity contribution in [2.75, 3.05) is 20.8 Å². The third-order valence-electron chi connectivity index (χ3n) is 5.95. The maximum absolute atomic E-state index is 14.0. The van der Waals surface area contributed by atoms with Gasteiger partial charge in [0.2, 0.25) is 0 Å². The first kappa shape index (κ1) is 24.8. The van der Waals surface area contributed by atoms with Crippen LogP contribution in [0.4, 0.5) is 4.39 Å². The lowest BCUT2D eigenvalue weighted by molar-refractivity contribution is -0.148. The first-order chi connectivity index (χ1) is 15.9. The summed E-state index contributed by atoms with van der Waals surface area (Å²) in [5, 5.41) is 3.37. The molecule has 2 aromatic carbocycles. The van der Waals surface area contributed by atoms with Crippen LogP contribution < -0.4 is 14.8 Å². The molecule has 0 heterocycles. The van der Waals surface area contributed by atoms with Gasteiger partial charge in [0.15, 0.2) is 11.5 Å². The molecule has 3 rings (SSSR count). The summed E-state index contributed by atoms with van der Waals surface area (Å²) in [6.45, 7) is 0.158. The van der Waals surface area contributed by atoms with Crippen molar-refractivity contribution in [2.24, 2.45) is 0 Å². The molecule has 8 heteroatoms. The van der Waals surface area contributed by atoms with E-state index in [1.165, 1.54) is 26.4 Å². The molecule has 0 aromatic heterocycles. The summed E-state index contributed by atoms with van der Waals surface area (Å²) in [5.74, 6) is -0.391. The molecule has 0 unspecified atom stereocenters. The van der Waals surface area contributed by atoms with E-state index in [-0.39, 0.29) is 18.8 Å². The number of benzene rings is 2. The largest absolute Gasteiger partial charge is 0.493 e. The SMILES string of the molecule is COC(=O)C1(NC(=O)c2ccc(OC)c(OCCc3cc(Cl)ccc3F)c2)CCCCCC1. The van der Waals surface area contributed by atoms with Crippen LogP contribution in [-0.4, -0.2) is 38.2 Å². The van der Waals surface area contributed by atoms with Gasteiger partial charge >= 0.3 is 5.97 Å². The molecule has 6 nitrogen and oxygen atoms in total. The Morgan fingerprint density at radius 2 is 1.76 bits per heavy atom. The van der Waals surface area contributed by atoms with Gasteiger partial charge < -0.3 is 19.5 Å². The van der Waals surface area contributed by atoms with Crippen molar-refractivity contribution in [3.63, 3.8) is 0 Å². The Labute approximate surface area is 198 Å². The van der Waals surface area contributed by atoms with Crippen LogP contribution >= 0.6 is 11.6 Å². The van der Waals surface area contributed by atoms with Crippen LogP contribution in [0.25, 0.3) is 0 Å². The number of nitrogens with one attached hydrogen (secondary N) is 1. The Balaban J connectivity index is 1.75. The second-order valence-electron chi connectivity index (χ2n) is 8.14. The standard InChI is InChI=1S/C25H29ClFNO5/c1-31-21-10-7-18(16-22(21)33-14-11-17-15-19(26)8-9-20(17)27)23(29)28-25(24(30)32-2)12-5-3-4-6-13-25/h7-10,15-16H,3-6,11-14H2,1-2H3,(H,28,29). The molecule has 0 bridgehead atoms. The minimum Gasteiger partial charge on any atom is -0.493 e. The van der Waals surface area contributed by atoms with Gasteiger partial charge in [-0.2, -0.15) is 0 Å². The first-order valence-electron chi connectivity index (χ1n) is 11.0. The molecule has 1 fully saturated rings. The van der Waals surface area contributed by atoms with Crippen molar-refractivity contribution in [3.8, 4) is 11.5 Å². The van der Waals surface area contributed by atoms with E-state index in [0.717, 1.165) is 25.7 Å². The van der Waals surface area contributed by atoms with Gasteiger partial charge in [0, 0.05) is 17.0 Å². The number of carbonyl (C=O) groups excluding carboxylic acids is 2. The number of hydrogen-bond acceptors (Lipinski definition) is 5. The molecule has 1 N–H and O–H groups in total. The number of rotatable bonds is 8. The van der Waals surface area contributed by atoms with Gasteiger partial charge in [0.1, 0.15) is 11.4 Å². The molecule has 1 aliphatic rings. The Morgan fingerprint density at radius 1 is 1.03 bits per heavy atom. The average molecular weight is 478 g/mol. The lowest BCUT2D eigenvalue weighted by atomic mass is 9.89. The molecule has 33 heavy (non-hydrogen) atoms. The number of carbonyl (C=O) groups is 2. The summed E-state index contributed by atoms with van der Waals surface area (Å²) in [5.41, 5.74) is -0.274. The van der Waals surface area contributed by atoms with Crippen LogP contribution in [-0.2, 0) is 16.0 Å². The first-order valence-corrected chi connectivity index (χ1v) is 11.4.